The number of nitrogens with zero attached hydrogens (tertiary/aromatic N) is 1. The molecular weight excluding hydrogens is 280 g/mol. The molecule has 0 saturated heterocycles. The third kappa shape index (κ3) is 3.65. The quantitative estimate of drug-likeness (QED) is 0.678. The molecule has 2 atom stereocenters. The van der Waals surface area contributed by atoms with Crippen molar-refractivity contribution in [1.82, 2.24) is 5.32 Å². The Morgan fingerprint density at radius 3 is 2.59 bits per heavy atom. The molecule has 0 amide bonds. The molecule has 0 aliphatic carbocycles. The van der Waals surface area contributed by atoms with E-state index in [4.69, 9.17) is 4.74 Å². The number of benzene rings is 1. The summed E-state index contributed by atoms with van der Waals surface area (Å²) < 4.78 is 5.66. The maximum atomic E-state index is 11.2. The van der Waals surface area contributed by atoms with Gasteiger partial charge < -0.3 is 10.1 Å². The predicted octanol–water partition coefficient (Wildman–Crippen LogP) is 3.84. The maximum Gasteiger partial charge on any atom is 0.311 e. The van der Waals surface area contributed by atoms with E-state index in [2.05, 4.69) is 25.2 Å². The van der Waals surface area contributed by atoms with Crippen LogP contribution in [0.3, 0.4) is 0 Å². The first kappa shape index (κ1) is 16.5. The van der Waals surface area contributed by atoms with Gasteiger partial charge in [0.25, 0.3) is 0 Å². The van der Waals surface area contributed by atoms with Crippen molar-refractivity contribution in [1.29, 1.82) is 0 Å². The van der Waals surface area contributed by atoms with Crippen molar-refractivity contribution < 1.29 is 9.66 Å². The van der Waals surface area contributed by atoms with E-state index in [-0.39, 0.29) is 16.7 Å². The fraction of sp³-hybridized carbons (Fsp3) is 0.529. The first-order valence-electron chi connectivity index (χ1n) is 7.70. The van der Waals surface area contributed by atoms with Gasteiger partial charge >= 0.3 is 5.69 Å². The number of nitrogens with one attached hydrogen (secondary N) is 1. The van der Waals surface area contributed by atoms with Crippen molar-refractivity contribution in [3.05, 3.63) is 39.4 Å². The van der Waals surface area contributed by atoms with Crippen LogP contribution in [0.1, 0.15) is 45.2 Å². The number of rotatable bonds is 4. The van der Waals surface area contributed by atoms with Crippen LogP contribution in [0.25, 0.3) is 5.57 Å². The second-order valence-electron chi connectivity index (χ2n) is 6.31. The zero-order valence-electron chi connectivity index (χ0n) is 13.8. The summed E-state index contributed by atoms with van der Waals surface area (Å²) in [6.45, 7) is 9.92. The monoisotopic (exact) mass is 304 g/mol. The molecule has 0 fully saturated rings. The Kier molecular flexibility index (Phi) is 4.86. The molecule has 0 spiro atoms. The Morgan fingerprint density at radius 2 is 2.05 bits per heavy atom. The van der Waals surface area contributed by atoms with Gasteiger partial charge in [0.05, 0.1) is 11.0 Å². The molecule has 1 N–H and O–H groups in total. The van der Waals surface area contributed by atoms with Crippen LogP contribution >= 0.6 is 0 Å². The van der Waals surface area contributed by atoms with E-state index in [1.54, 1.807) is 6.07 Å². The second kappa shape index (κ2) is 6.48. The van der Waals surface area contributed by atoms with Crippen LogP contribution in [0.15, 0.2) is 18.2 Å². The highest BCUT2D eigenvalue weighted by Gasteiger charge is 2.23. The number of nitro benzene ring substituents is 1. The van der Waals surface area contributed by atoms with Gasteiger partial charge in [-0.1, -0.05) is 6.08 Å². The van der Waals surface area contributed by atoms with Crippen LogP contribution in [-0.4, -0.2) is 23.1 Å². The number of nitro groups is 1. The van der Waals surface area contributed by atoms with Crippen LogP contribution in [0.2, 0.25) is 0 Å². The van der Waals surface area contributed by atoms with Crippen molar-refractivity contribution in [2.45, 2.75) is 59.2 Å². The molecule has 0 radical (unpaired) electrons. The van der Waals surface area contributed by atoms with E-state index in [0.717, 1.165) is 17.5 Å². The Bertz CT molecular complexity index is 608. The first-order valence-corrected chi connectivity index (χ1v) is 7.70. The van der Waals surface area contributed by atoms with Crippen LogP contribution in [-0.2, 0) is 0 Å². The summed E-state index contributed by atoms with van der Waals surface area (Å²) in [5.74, 6) is 0.348. The van der Waals surface area contributed by atoms with Gasteiger partial charge in [0.2, 0.25) is 0 Å². The summed E-state index contributed by atoms with van der Waals surface area (Å²) in [5, 5.41) is 14.7. The van der Waals surface area contributed by atoms with Crippen molar-refractivity contribution >= 4 is 11.3 Å². The lowest BCUT2D eigenvalue weighted by Gasteiger charge is -2.27. The molecule has 5 heteroatoms. The predicted molar refractivity (Wildman–Crippen MR) is 88.3 cm³/mol. The van der Waals surface area contributed by atoms with Gasteiger partial charge in [-0.2, -0.15) is 0 Å². The maximum absolute atomic E-state index is 11.2. The van der Waals surface area contributed by atoms with Crippen molar-refractivity contribution in [2.75, 3.05) is 0 Å². The third-order valence-electron chi connectivity index (χ3n) is 3.74. The zero-order chi connectivity index (χ0) is 16.4. The Hall–Kier alpha value is -1.88. The van der Waals surface area contributed by atoms with Gasteiger partial charge in [-0.05, 0) is 63.8 Å². The average molecular weight is 304 g/mol. The van der Waals surface area contributed by atoms with Gasteiger partial charge in [0, 0.05) is 18.2 Å². The highest BCUT2D eigenvalue weighted by Crippen LogP contribution is 2.36. The van der Waals surface area contributed by atoms with Crippen LogP contribution in [0.5, 0.6) is 5.75 Å². The van der Waals surface area contributed by atoms with E-state index in [0.29, 0.717) is 17.8 Å². The van der Waals surface area contributed by atoms with Crippen molar-refractivity contribution in [2.24, 2.45) is 0 Å². The molecule has 2 rings (SSSR count). The minimum atomic E-state index is -0.378. The van der Waals surface area contributed by atoms with Gasteiger partial charge in [-0.3, -0.25) is 10.1 Å². The van der Waals surface area contributed by atoms with Gasteiger partial charge in [0.15, 0.2) is 5.75 Å². The SMILES string of the molecule is Cc1cc([N+](=O)[O-])c(OC(C)C)cc1C1=CC(C)NC(C)C1. The molecular formula is C17H24N2O3. The summed E-state index contributed by atoms with van der Waals surface area (Å²) in [4.78, 5) is 10.9. The molecule has 22 heavy (non-hydrogen) atoms. The second-order valence-corrected chi connectivity index (χ2v) is 6.31. The molecule has 5 nitrogen and oxygen atoms in total. The Balaban J connectivity index is 2.50. The van der Waals surface area contributed by atoms with E-state index < -0.39 is 0 Å². The minimum Gasteiger partial charge on any atom is -0.484 e. The highest BCUT2D eigenvalue weighted by molar-refractivity contribution is 5.73. The number of aryl methyl sites for hydroxylation is 1. The Labute approximate surface area is 131 Å². The normalized spacial score (nSPS) is 21.6. The lowest BCUT2D eigenvalue weighted by Crippen LogP contribution is -2.36. The van der Waals surface area contributed by atoms with E-state index in [1.165, 1.54) is 5.57 Å². The lowest BCUT2D eigenvalue weighted by molar-refractivity contribution is -0.386. The van der Waals surface area contributed by atoms with E-state index in [1.807, 2.05) is 26.8 Å². The van der Waals surface area contributed by atoms with Gasteiger partial charge in [-0.25, -0.2) is 0 Å². The zero-order valence-corrected chi connectivity index (χ0v) is 13.8. The standard InChI is InChI=1S/C17H24N2O3/c1-10(2)22-17-9-15(11(3)6-16(17)19(20)21)14-7-12(4)18-13(5)8-14/h6-7,9-10,12-13,18H,8H2,1-5H3. The van der Waals surface area contributed by atoms with Crippen LogP contribution < -0.4 is 10.1 Å². The van der Waals surface area contributed by atoms with Crippen LogP contribution in [0.4, 0.5) is 5.69 Å². The number of hydrogen-bond donors (Lipinski definition) is 1. The van der Waals surface area contributed by atoms with Crippen molar-refractivity contribution in [3.8, 4) is 5.75 Å². The lowest BCUT2D eigenvalue weighted by atomic mass is 9.90. The van der Waals surface area contributed by atoms with E-state index >= 15 is 0 Å². The van der Waals surface area contributed by atoms with Crippen LogP contribution in [0, 0.1) is 17.0 Å². The molecule has 1 heterocycles. The largest absolute Gasteiger partial charge is 0.484 e. The molecule has 1 aromatic carbocycles. The molecule has 0 aromatic heterocycles. The fourth-order valence-corrected chi connectivity index (χ4v) is 2.97. The molecule has 0 bridgehead atoms. The summed E-state index contributed by atoms with van der Waals surface area (Å²) in [6.07, 6.45) is 2.99. The molecule has 120 valence electrons. The molecule has 1 aliphatic heterocycles. The average Bonchev–Trinajstić information content (AvgIpc) is 2.38. The fourth-order valence-electron chi connectivity index (χ4n) is 2.97. The summed E-state index contributed by atoms with van der Waals surface area (Å²) >= 11 is 0. The molecule has 0 saturated carbocycles. The molecule has 1 aliphatic rings. The highest BCUT2D eigenvalue weighted by atomic mass is 16.6. The summed E-state index contributed by atoms with van der Waals surface area (Å²) in [6, 6.07) is 4.12. The Morgan fingerprint density at radius 1 is 1.36 bits per heavy atom. The smallest absolute Gasteiger partial charge is 0.311 e. The molecule has 1 aromatic rings. The van der Waals surface area contributed by atoms with Gasteiger partial charge in [-0.15, -0.1) is 0 Å². The summed E-state index contributed by atoms with van der Waals surface area (Å²) in [5.41, 5.74) is 3.21. The first-order chi connectivity index (χ1) is 10.3. The number of hydrogen-bond acceptors (Lipinski definition) is 4. The van der Waals surface area contributed by atoms with Gasteiger partial charge in [0.1, 0.15) is 0 Å². The minimum absolute atomic E-state index is 0.0329. The van der Waals surface area contributed by atoms with Crippen molar-refractivity contribution in [3.63, 3.8) is 0 Å². The topological polar surface area (TPSA) is 64.4 Å². The molecule has 2 unspecified atom stereocenters. The summed E-state index contributed by atoms with van der Waals surface area (Å²) in [7, 11) is 0. The number of ether oxygens (including phenoxy) is 1. The third-order valence-corrected chi connectivity index (χ3v) is 3.74. The van der Waals surface area contributed by atoms with E-state index in [9.17, 15) is 10.1 Å².